The second kappa shape index (κ2) is 7.85. The first-order valence-electron chi connectivity index (χ1n) is 10.0. The van der Waals surface area contributed by atoms with Crippen LogP contribution in [0.1, 0.15) is 11.6 Å². The number of nitrogens with zero attached hydrogens (tertiary/aromatic N) is 2. The molecule has 2 aliphatic heterocycles. The summed E-state index contributed by atoms with van der Waals surface area (Å²) in [7, 11) is 1.45. The third kappa shape index (κ3) is 3.18. The zero-order valence-corrected chi connectivity index (χ0v) is 17.8. The van der Waals surface area contributed by atoms with Crippen LogP contribution in [0, 0.1) is 5.92 Å². The van der Waals surface area contributed by atoms with Crippen molar-refractivity contribution in [3.05, 3.63) is 83.4 Å². The topological polar surface area (TPSA) is 79.3 Å². The average Bonchev–Trinajstić information content (AvgIpc) is 3.31. The minimum atomic E-state index is -0.994. The molecular weight excluding hydrogens is 432 g/mol. The summed E-state index contributed by atoms with van der Waals surface area (Å²) in [4.78, 5) is 34.1. The van der Waals surface area contributed by atoms with Crippen LogP contribution in [0.2, 0.25) is 5.02 Å². The molecule has 3 atom stereocenters. The minimum Gasteiger partial charge on any atom is -0.504 e. The molecule has 2 heterocycles. The van der Waals surface area contributed by atoms with Gasteiger partial charge in [0.25, 0.3) is 5.91 Å². The van der Waals surface area contributed by atoms with E-state index in [1.165, 1.54) is 13.2 Å². The largest absolute Gasteiger partial charge is 0.504 e. The van der Waals surface area contributed by atoms with Crippen molar-refractivity contribution in [2.45, 2.75) is 12.1 Å². The van der Waals surface area contributed by atoms with Gasteiger partial charge in [0, 0.05) is 5.02 Å². The minimum absolute atomic E-state index is 0.0210. The summed E-state index contributed by atoms with van der Waals surface area (Å²) in [6.07, 6.45) is -0.994. The van der Waals surface area contributed by atoms with E-state index in [-0.39, 0.29) is 17.4 Å². The van der Waals surface area contributed by atoms with Crippen molar-refractivity contribution in [3.63, 3.8) is 0 Å². The van der Waals surface area contributed by atoms with Crippen molar-refractivity contribution in [2.75, 3.05) is 17.1 Å². The number of methoxy groups -OCH3 is 1. The van der Waals surface area contributed by atoms with E-state index in [1.807, 2.05) is 30.3 Å². The summed E-state index contributed by atoms with van der Waals surface area (Å²) in [5.41, 5.74) is 1.78. The maximum absolute atomic E-state index is 13.6. The van der Waals surface area contributed by atoms with Gasteiger partial charge in [0.1, 0.15) is 5.92 Å². The van der Waals surface area contributed by atoms with Crippen LogP contribution < -0.4 is 14.7 Å². The van der Waals surface area contributed by atoms with Gasteiger partial charge >= 0.3 is 0 Å². The fourth-order valence-corrected chi connectivity index (χ4v) is 4.48. The SMILES string of the molecule is COc1cc([C@@H]2[C@H]3C(=O)N(c4cccc(Cl)c4)C(=O)[C@@H]3ON2c2ccccc2)ccc1O. The number of carbonyl (C=O) groups excluding carboxylic acids is 2. The Morgan fingerprint density at radius 1 is 0.938 bits per heavy atom. The number of phenols is 1. The van der Waals surface area contributed by atoms with Crippen LogP contribution in [-0.4, -0.2) is 30.1 Å². The maximum atomic E-state index is 13.6. The maximum Gasteiger partial charge on any atom is 0.266 e. The van der Waals surface area contributed by atoms with Crippen LogP contribution in [0.15, 0.2) is 72.8 Å². The Morgan fingerprint density at radius 2 is 1.69 bits per heavy atom. The Hall–Kier alpha value is -3.55. The molecule has 8 heteroatoms. The number of fused-ring (bicyclic) bond motifs is 1. The number of rotatable bonds is 4. The van der Waals surface area contributed by atoms with Crippen molar-refractivity contribution in [1.82, 2.24) is 0 Å². The zero-order chi connectivity index (χ0) is 22.4. The van der Waals surface area contributed by atoms with Crippen LogP contribution in [0.5, 0.6) is 11.5 Å². The number of hydrogen-bond donors (Lipinski definition) is 1. The number of carbonyl (C=O) groups is 2. The number of phenolic OH excluding ortho intramolecular Hbond substituents is 1. The lowest BCUT2D eigenvalue weighted by Crippen LogP contribution is -2.37. The fourth-order valence-electron chi connectivity index (χ4n) is 4.30. The van der Waals surface area contributed by atoms with Gasteiger partial charge in [-0.3, -0.25) is 14.4 Å². The summed E-state index contributed by atoms with van der Waals surface area (Å²) in [5.74, 6) is -1.38. The van der Waals surface area contributed by atoms with E-state index in [0.717, 1.165) is 4.90 Å². The van der Waals surface area contributed by atoms with E-state index in [4.69, 9.17) is 21.2 Å². The molecule has 162 valence electrons. The van der Waals surface area contributed by atoms with Gasteiger partial charge in [0.2, 0.25) is 5.91 Å². The molecule has 7 nitrogen and oxygen atoms in total. The molecule has 2 fully saturated rings. The molecule has 32 heavy (non-hydrogen) atoms. The second-order valence-corrected chi connectivity index (χ2v) is 8.02. The number of hydrogen-bond acceptors (Lipinski definition) is 6. The number of aromatic hydroxyl groups is 1. The molecule has 0 aliphatic carbocycles. The molecule has 2 saturated heterocycles. The van der Waals surface area contributed by atoms with E-state index >= 15 is 0 Å². The zero-order valence-electron chi connectivity index (χ0n) is 17.0. The van der Waals surface area contributed by atoms with Gasteiger partial charge in [-0.2, -0.15) is 0 Å². The molecular formula is C24H19ClN2O5. The summed E-state index contributed by atoms with van der Waals surface area (Å²) in [6.45, 7) is 0. The van der Waals surface area contributed by atoms with Gasteiger partial charge in [0.15, 0.2) is 17.6 Å². The third-order valence-electron chi connectivity index (χ3n) is 5.74. The van der Waals surface area contributed by atoms with Gasteiger partial charge < -0.3 is 9.84 Å². The van der Waals surface area contributed by atoms with Gasteiger partial charge in [-0.05, 0) is 48.0 Å². The van der Waals surface area contributed by atoms with Crippen LogP contribution >= 0.6 is 11.6 Å². The Bertz CT molecular complexity index is 1200. The van der Waals surface area contributed by atoms with Gasteiger partial charge in [0.05, 0.1) is 24.5 Å². The number of anilines is 2. The lowest BCUT2D eigenvalue weighted by atomic mass is 9.90. The Balaban J connectivity index is 1.61. The summed E-state index contributed by atoms with van der Waals surface area (Å²) >= 11 is 6.09. The van der Waals surface area contributed by atoms with E-state index < -0.39 is 24.0 Å². The molecule has 0 saturated carbocycles. The molecule has 3 aromatic rings. The van der Waals surface area contributed by atoms with Crippen molar-refractivity contribution in [1.29, 1.82) is 0 Å². The highest BCUT2D eigenvalue weighted by Gasteiger charge is 2.60. The quantitative estimate of drug-likeness (QED) is 0.603. The first kappa shape index (κ1) is 20.4. The number of hydroxylamine groups is 1. The molecule has 1 N–H and O–H groups in total. The van der Waals surface area contributed by atoms with E-state index in [1.54, 1.807) is 41.5 Å². The summed E-state index contributed by atoms with van der Waals surface area (Å²) < 4.78 is 5.26. The van der Waals surface area contributed by atoms with E-state index in [2.05, 4.69) is 0 Å². The lowest BCUT2D eigenvalue weighted by Gasteiger charge is -2.29. The molecule has 5 rings (SSSR count). The number of imide groups is 1. The second-order valence-electron chi connectivity index (χ2n) is 7.58. The monoisotopic (exact) mass is 450 g/mol. The van der Waals surface area contributed by atoms with E-state index in [9.17, 15) is 14.7 Å². The van der Waals surface area contributed by atoms with Crippen LogP contribution in [0.4, 0.5) is 11.4 Å². The summed E-state index contributed by atoms with van der Waals surface area (Å²) in [6, 6.07) is 20.1. The van der Waals surface area contributed by atoms with Crippen LogP contribution in [-0.2, 0) is 14.4 Å². The molecule has 0 radical (unpaired) electrons. The Labute approximate surface area is 189 Å². The molecule has 0 unspecified atom stereocenters. The molecule has 0 aromatic heterocycles. The van der Waals surface area contributed by atoms with Crippen LogP contribution in [0.25, 0.3) is 0 Å². The van der Waals surface area contributed by atoms with Gasteiger partial charge in [-0.25, -0.2) is 9.96 Å². The van der Waals surface area contributed by atoms with Crippen molar-refractivity contribution in [2.24, 2.45) is 5.92 Å². The number of halogens is 1. The fraction of sp³-hybridized carbons (Fsp3) is 0.167. The lowest BCUT2D eigenvalue weighted by molar-refractivity contribution is -0.126. The summed E-state index contributed by atoms with van der Waals surface area (Å²) in [5, 5.41) is 12.1. The highest BCUT2D eigenvalue weighted by molar-refractivity contribution is 6.31. The predicted octanol–water partition coefficient (Wildman–Crippen LogP) is 4.11. The smallest absolute Gasteiger partial charge is 0.266 e. The standard InChI is InChI=1S/C24H19ClN2O5/c1-31-19-12-14(10-11-18(19)28)21-20-22(32-27(21)16-7-3-2-4-8-16)24(30)26(23(20)29)17-9-5-6-15(25)13-17/h2-13,20-22,28H,1H3/t20-,21-,22-/m1/s1. The van der Waals surface area contributed by atoms with Gasteiger partial charge in [-0.15, -0.1) is 0 Å². The molecule has 2 aliphatic rings. The number of benzene rings is 3. The molecule has 3 aromatic carbocycles. The number of ether oxygens (including phenoxy) is 1. The molecule has 0 bridgehead atoms. The highest BCUT2D eigenvalue weighted by Crippen LogP contribution is 2.48. The third-order valence-corrected chi connectivity index (χ3v) is 5.97. The van der Waals surface area contributed by atoms with Crippen molar-refractivity contribution >= 4 is 34.8 Å². The highest BCUT2D eigenvalue weighted by atomic mass is 35.5. The first-order chi connectivity index (χ1) is 15.5. The first-order valence-corrected chi connectivity index (χ1v) is 10.4. The molecule has 2 amide bonds. The van der Waals surface area contributed by atoms with Crippen molar-refractivity contribution < 1.29 is 24.3 Å². The Kier molecular flexibility index (Phi) is 5.00. The normalized spacial score (nSPS) is 22.4. The molecule has 0 spiro atoms. The Morgan fingerprint density at radius 3 is 2.41 bits per heavy atom. The van der Waals surface area contributed by atoms with Gasteiger partial charge in [-0.1, -0.05) is 41.9 Å². The number of para-hydroxylation sites is 1. The van der Waals surface area contributed by atoms with E-state index in [0.29, 0.717) is 22.0 Å². The van der Waals surface area contributed by atoms with Crippen molar-refractivity contribution in [3.8, 4) is 11.5 Å². The number of amides is 2. The average molecular weight is 451 g/mol. The van der Waals surface area contributed by atoms with Crippen LogP contribution in [0.3, 0.4) is 0 Å². The predicted molar refractivity (Wildman–Crippen MR) is 119 cm³/mol.